The van der Waals surface area contributed by atoms with Gasteiger partial charge in [-0.3, -0.25) is 19.3 Å². The molecule has 2 fully saturated rings. The highest BCUT2D eigenvalue weighted by molar-refractivity contribution is 9.13. The van der Waals surface area contributed by atoms with Gasteiger partial charge in [-0.05, 0) is 86.2 Å². The number of methoxy groups -OCH3 is 1. The van der Waals surface area contributed by atoms with Crippen molar-refractivity contribution >= 4 is 66.8 Å². The molecule has 0 atom stereocenters. The van der Waals surface area contributed by atoms with E-state index in [0.29, 0.717) is 45.7 Å². The number of nitrogens with zero attached hydrogens (tertiary/aromatic N) is 2. The van der Waals surface area contributed by atoms with E-state index in [1.54, 1.807) is 17.0 Å². The Morgan fingerprint density at radius 3 is 2.49 bits per heavy atom. The van der Waals surface area contributed by atoms with Crippen molar-refractivity contribution in [1.82, 2.24) is 9.80 Å². The van der Waals surface area contributed by atoms with E-state index in [1.165, 1.54) is 7.11 Å². The number of rotatable bonds is 7. The normalized spacial score (nSPS) is 17.3. The zero-order valence-electron chi connectivity index (χ0n) is 19.1. The summed E-state index contributed by atoms with van der Waals surface area (Å²) in [5, 5.41) is -0.448. The monoisotopic (exact) mass is 622 g/mol. The van der Waals surface area contributed by atoms with Crippen LogP contribution >= 0.6 is 43.6 Å². The average Bonchev–Trinajstić information content (AvgIpc) is 3.14. The van der Waals surface area contributed by atoms with Crippen LogP contribution in [0.4, 0.5) is 4.79 Å². The van der Waals surface area contributed by atoms with Gasteiger partial charge < -0.3 is 14.4 Å². The fourth-order valence-electron chi connectivity index (χ4n) is 3.88. The van der Waals surface area contributed by atoms with E-state index in [0.717, 1.165) is 41.5 Å². The second kappa shape index (κ2) is 11.6. The molecule has 184 valence electrons. The van der Waals surface area contributed by atoms with Crippen LogP contribution in [0.1, 0.15) is 30.4 Å². The van der Waals surface area contributed by atoms with E-state index in [2.05, 4.69) is 31.9 Å². The first-order valence-electron chi connectivity index (χ1n) is 11.1. The third kappa shape index (κ3) is 5.92. The number of amides is 3. The molecule has 0 aliphatic carbocycles. The Bertz CT molecular complexity index is 1170. The van der Waals surface area contributed by atoms with Crippen LogP contribution in [0.5, 0.6) is 11.5 Å². The lowest BCUT2D eigenvalue weighted by Crippen LogP contribution is -2.44. The molecule has 0 bridgehead atoms. The number of likely N-dealkylation sites (tertiary alicyclic amines) is 1. The molecule has 0 spiro atoms. The van der Waals surface area contributed by atoms with Crippen LogP contribution in [0.15, 0.2) is 50.2 Å². The quantitative estimate of drug-likeness (QED) is 0.360. The van der Waals surface area contributed by atoms with E-state index in [-0.39, 0.29) is 17.4 Å². The van der Waals surface area contributed by atoms with Crippen LogP contribution in [-0.4, -0.2) is 53.6 Å². The molecule has 0 saturated carbocycles. The minimum atomic E-state index is -0.475. The van der Waals surface area contributed by atoms with Crippen molar-refractivity contribution in [2.75, 3.05) is 26.7 Å². The molecule has 3 amide bonds. The molecule has 2 aliphatic rings. The van der Waals surface area contributed by atoms with Gasteiger partial charge in [0.15, 0.2) is 11.5 Å². The van der Waals surface area contributed by atoms with Gasteiger partial charge in [0.2, 0.25) is 5.91 Å². The standard InChI is InChI=1S/C25H24Br2N2O5S/c1-33-18-12-17(21(26)22(27)23(18)34-15-16-8-4-2-5-9-16)13-19-24(31)29(25(32)35-19)14-20(30)28-10-6-3-7-11-28/h2,4-5,8-9,12-13H,3,6-7,10-11,14-15H2,1H3/b19-13-. The first kappa shape index (κ1) is 25.8. The molecule has 7 nitrogen and oxygen atoms in total. The summed E-state index contributed by atoms with van der Waals surface area (Å²) < 4.78 is 12.8. The predicted molar refractivity (Wildman–Crippen MR) is 142 cm³/mol. The van der Waals surface area contributed by atoms with Crippen molar-refractivity contribution < 1.29 is 23.9 Å². The van der Waals surface area contributed by atoms with E-state index >= 15 is 0 Å². The van der Waals surface area contributed by atoms with Gasteiger partial charge in [0, 0.05) is 17.6 Å². The van der Waals surface area contributed by atoms with Gasteiger partial charge >= 0.3 is 0 Å². The maximum absolute atomic E-state index is 13.0. The minimum absolute atomic E-state index is 0.196. The second-order valence-corrected chi connectivity index (χ2v) is 10.7. The molecule has 0 N–H and O–H groups in total. The lowest BCUT2D eigenvalue weighted by atomic mass is 10.1. The number of imide groups is 1. The maximum atomic E-state index is 13.0. The zero-order valence-corrected chi connectivity index (χ0v) is 23.1. The molecule has 0 radical (unpaired) electrons. The third-order valence-electron chi connectivity index (χ3n) is 5.76. The van der Waals surface area contributed by atoms with Crippen LogP contribution in [0.2, 0.25) is 0 Å². The number of carbonyl (C=O) groups excluding carboxylic acids is 3. The molecule has 0 aromatic heterocycles. The molecule has 10 heteroatoms. The summed E-state index contributed by atoms with van der Waals surface area (Å²) in [6.07, 6.45) is 4.61. The van der Waals surface area contributed by atoms with E-state index in [4.69, 9.17) is 9.47 Å². The smallest absolute Gasteiger partial charge is 0.294 e. The van der Waals surface area contributed by atoms with E-state index in [9.17, 15) is 14.4 Å². The highest BCUT2D eigenvalue weighted by atomic mass is 79.9. The molecular formula is C25H24Br2N2O5S. The number of hydrogen-bond donors (Lipinski definition) is 0. The van der Waals surface area contributed by atoms with Crippen LogP contribution < -0.4 is 9.47 Å². The Morgan fingerprint density at radius 1 is 1.09 bits per heavy atom. The number of ether oxygens (including phenoxy) is 2. The number of thioether (sulfide) groups is 1. The van der Waals surface area contributed by atoms with Gasteiger partial charge in [-0.1, -0.05) is 30.3 Å². The Kier molecular flexibility index (Phi) is 8.56. The topological polar surface area (TPSA) is 76.2 Å². The number of carbonyl (C=O) groups is 3. The molecule has 2 aromatic rings. The maximum Gasteiger partial charge on any atom is 0.294 e. The average molecular weight is 624 g/mol. The fraction of sp³-hybridized carbons (Fsp3) is 0.320. The highest BCUT2D eigenvalue weighted by Crippen LogP contribution is 2.44. The highest BCUT2D eigenvalue weighted by Gasteiger charge is 2.37. The SMILES string of the molecule is COc1cc(/C=C2\SC(=O)N(CC(=O)N3CCCCC3)C2=O)c(Br)c(Br)c1OCc1ccccc1. The first-order valence-corrected chi connectivity index (χ1v) is 13.5. The first-order chi connectivity index (χ1) is 16.9. The van der Waals surface area contributed by atoms with Crippen molar-refractivity contribution in [3.8, 4) is 11.5 Å². The lowest BCUT2D eigenvalue weighted by molar-refractivity contribution is -0.136. The second-order valence-electron chi connectivity index (χ2n) is 8.11. The van der Waals surface area contributed by atoms with E-state index < -0.39 is 11.1 Å². The Labute approximate surface area is 225 Å². The number of hydrogen-bond acceptors (Lipinski definition) is 6. The van der Waals surface area contributed by atoms with Crippen molar-refractivity contribution in [3.63, 3.8) is 0 Å². The van der Waals surface area contributed by atoms with E-state index in [1.807, 2.05) is 30.3 Å². The van der Waals surface area contributed by atoms with Gasteiger partial charge in [0.25, 0.3) is 11.1 Å². The van der Waals surface area contributed by atoms with Gasteiger partial charge in [0.1, 0.15) is 13.2 Å². The molecule has 35 heavy (non-hydrogen) atoms. The molecular weight excluding hydrogens is 600 g/mol. The van der Waals surface area contributed by atoms with Gasteiger partial charge in [-0.25, -0.2) is 0 Å². The van der Waals surface area contributed by atoms with Crippen molar-refractivity contribution in [3.05, 3.63) is 61.4 Å². The summed E-state index contributed by atoms with van der Waals surface area (Å²) in [7, 11) is 1.54. The van der Waals surface area contributed by atoms with Gasteiger partial charge in [-0.15, -0.1) is 0 Å². The predicted octanol–water partition coefficient (Wildman–Crippen LogP) is 5.85. The number of piperidine rings is 1. The molecule has 2 aromatic carbocycles. The summed E-state index contributed by atoms with van der Waals surface area (Å²) >= 11 is 7.95. The minimum Gasteiger partial charge on any atom is -0.493 e. The summed E-state index contributed by atoms with van der Waals surface area (Å²) in [6, 6.07) is 11.5. The molecule has 2 heterocycles. The summed E-state index contributed by atoms with van der Waals surface area (Å²) in [6.45, 7) is 1.46. The van der Waals surface area contributed by atoms with Gasteiger partial charge in [0.05, 0.1) is 16.5 Å². The zero-order chi connectivity index (χ0) is 24.9. The molecule has 0 unspecified atom stereocenters. The van der Waals surface area contributed by atoms with Crippen molar-refractivity contribution in [2.24, 2.45) is 0 Å². The number of benzene rings is 2. The van der Waals surface area contributed by atoms with Crippen LogP contribution in [0, 0.1) is 0 Å². The Balaban J connectivity index is 1.53. The summed E-state index contributed by atoms with van der Waals surface area (Å²) in [5.74, 6) is 0.317. The molecule has 4 rings (SSSR count). The van der Waals surface area contributed by atoms with Crippen molar-refractivity contribution in [2.45, 2.75) is 25.9 Å². The van der Waals surface area contributed by atoms with Crippen molar-refractivity contribution in [1.29, 1.82) is 0 Å². The summed E-state index contributed by atoms with van der Waals surface area (Å²) in [5.41, 5.74) is 1.64. The van der Waals surface area contributed by atoms with Crippen LogP contribution in [0.25, 0.3) is 6.08 Å². The summed E-state index contributed by atoms with van der Waals surface area (Å²) in [4.78, 5) is 41.1. The van der Waals surface area contributed by atoms with Crippen LogP contribution in [-0.2, 0) is 16.2 Å². The fourth-order valence-corrected chi connectivity index (χ4v) is 5.66. The Hall–Kier alpha value is -2.30. The third-order valence-corrected chi connectivity index (χ3v) is 8.81. The van der Waals surface area contributed by atoms with Gasteiger partial charge in [-0.2, -0.15) is 0 Å². The Morgan fingerprint density at radius 2 is 1.80 bits per heavy atom. The number of halogens is 2. The molecule has 2 saturated heterocycles. The largest absolute Gasteiger partial charge is 0.493 e. The van der Waals surface area contributed by atoms with Crippen LogP contribution in [0.3, 0.4) is 0 Å². The molecule has 2 aliphatic heterocycles. The lowest BCUT2D eigenvalue weighted by Gasteiger charge is -2.27.